The lowest BCUT2D eigenvalue weighted by molar-refractivity contribution is 0.294. The maximum Gasteiger partial charge on any atom is 0.218 e. The number of aliphatic hydroxyl groups excluding tert-OH is 1. The predicted molar refractivity (Wildman–Crippen MR) is 138 cm³/mol. The van der Waals surface area contributed by atoms with Gasteiger partial charge in [0.15, 0.2) is 0 Å². The van der Waals surface area contributed by atoms with E-state index >= 15 is 0 Å². The molecule has 0 aliphatic heterocycles. The van der Waals surface area contributed by atoms with E-state index in [1.54, 1.807) is 12.5 Å². The smallest absolute Gasteiger partial charge is 0.218 e. The fourth-order valence-corrected chi connectivity index (χ4v) is 3.89. The summed E-state index contributed by atoms with van der Waals surface area (Å²) in [6, 6.07) is 16.7. The van der Waals surface area contributed by atoms with Gasteiger partial charge in [-0.15, -0.1) is 0 Å². The van der Waals surface area contributed by atoms with Crippen LogP contribution in [0.2, 0.25) is 0 Å². The molecule has 35 heavy (non-hydrogen) atoms. The lowest BCUT2D eigenvalue weighted by Gasteiger charge is -2.08. The number of nitrogens with zero attached hydrogens (tertiary/aromatic N) is 3. The molecule has 0 saturated carbocycles. The second-order valence-corrected chi connectivity index (χ2v) is 8.51. The average Bonchev–Trinajstić information content (AvgIpc) is 3.55. The number of aryl methyl sites for hydroxylation is 3. The summed E-state index contributed by atoms with van der Waals surface area (Å²) in [4.78, 5) is 8.78. The van der Waals surface area contributed by atoms with E-state index in [4.69, 9.17) is 14.3 Å². The number of oxazole rings is 1. The highest BCUT2D eigenvalue weighted by atomic mass is 16.5. The fraction of sp³-hybridized carbons (Fsp3) is 0.310. The Balaban J connectivity index is 1.19. The molecule has 0 bridgehead atoms. The second kappa shape index (κ2) is 12.7. The zero-order valence-corrected chi connectivity index (χ0v) is 20.3. The minimum absolute atomic E-state index is 0.133. The number of unbranched alkanes of at least 4 members (excludes halogenated alkanes) is 1. The zero-order chi connectivity index (χ0) is 24.3. The number of hydrogen-bond acceptors (Lipinski definition) is 5. The minimum Gasteiger partial charge on any atom is -0.487 e. The van der Waals surface area contributed by atoms with E-state index in [1.807, 2.05) is 30.5 Å². The Morgan fingerprint density at radius 1 is 0.971 bits per heavy atom. The number of ether oxygens (including phenoxy) is 1. The topological polar surface area (TPSA) is 73.3 Å². The average molecular weight is 472 g/mol. The summed E-state index contributed by atoms with van der Waals surface area (Å²) < 4.78 is 13.6. The van der Waals surface area contributed by atoms with Crippen LogP contribution in [0.4, 0.5) is 0 Å². The van der Waals surface area contributed by atoms with Crippen LogP contribution < -0.4 is 4.74 Å². The molecular weight excluding hydrogens is 438 g/mol. The first kappa shape index (κ1) is 24.5. The lowest BCUT2D eigenvalue weighted by atomic mass is 10.1. The Hall–Kier alpha value is -3.64. The highest BCUT2D eigenvalue weighted by Gasteiger charge is 2.04. The molecule has 0 amide bonds. The quantitative estimate of drug-likeness (QED) is 0.252. The first-order chi connectivity index (χ1) is 17.2. The van der Waals surface area contributed by atoms with Crippen LogP contribution in [-0.4, -0.2) is 26.2 Å². The summed E-state index contributed by atoms with van der Waals surface area (Å²) >= 11 is 0. The molecule has 0 saturated heterocycles. The molecule has 6 heteroatoms. The number of imidazole rings is 1. The Morgan fingerprint density at radius 2 is 1.77 bits per heavy atom. The van der Waals surface area contributed by atoms with Gasteiger partial charge in [0.25, 0.3) is 0 Å². The molecule has 0 aliphatic carbocycles. The zero-order valence-electron chi connectivity index (χ0n) is 20.3. The van der Waals surface area contributed by atoms with Crippen LogP contribution in [0.1, 0.15) is 53.9 Å². The molecule has 1 N–H and O–H groups in total. The van der Waals surface area contributed by atoms with Crippen LogP contribution in [0.3, 0.4) is 0 Å². The molecule has 2 heterocycles. The number of rotatable bonds is 13. The molecule has 0 fully saturated rings. The molecular formula is C29H33N3O3. The van der Waals surface area contributed by atoms with Crippen LogP contribution in [0, 0.1) is 0 Å². The van der Waals surface area contributed by atoms with Crippen molar-refractivity contribution in [3.63, 3.8) is 0 Å². The molecule has 0 aliphatic rings. The first-order valence-electron chi connectivity index (χ1n) is 12.3. The monoisotopic (exact) mass is 471 g/mol. The third-order valence-corrected chi connectivity index (χ3v) is 5.94. The predicted octanol–water partition coefficient (Wildman–Crippen LogP) is 5.74. The standard InChI is InChI=1S/C29H33N3O3/c1-2-23-6-8-25(9-7-23)12-15-29-31-26(22-35-29)21-34-27-13-10-24(11-14-27)5-3-4-18-32-19-17-30-28(32)16-20-33/h6-15,17,19,22,33H,2-5,16,18,20-21H2,1H3. The van der Waals surface area contributed by atoms with E-state index in [-0.39, 0.29) is 6.61 Å². The van der Waals surface area contributed by atoms with Gasteiger partial charge < -0.3 is 18.8 Å². The van der Waals surface area contributed by atoms with E-state index in [0.29, 0.717) is 18.9 Å². The Labute approximate surface area is 206 Å². The third kappa shape index (κ3) is 7.42. The van der Waals surface area contributed by atoms with Crippen molar-refractivity contribution >= 4 is 12.2 Å². The van der Waals surface area contributed by atoms with Gasteiger partial charge in [-0.3, -0.25) is 0 Å². The van der Waals surface area contributed by atoms with Crippen molar-refractivity contribution in [2.24, 2.45) is 0 Å². The van der Waals surface area contributed by atoms with Gasteiger partial charge in [-0.25, -0.2) is 9.97 Å². The summed E-state index contributed by atoms with van der Waals surface area (Å²) in [6.45, 7) is 3.58. The van der Waals surface area contributed by atoms with E-state index in [1.165, 1.54) is 11.1 Å². The van der Waals surface area contributed by atoms with Gasteiger partial charge in [0.2, 0.25) is 5.89 Å². The summed E-state index contributed by atoms with van der Waals surface area (Å²) in [7, 11) is 0. The Bertz CT molecular complexity index is 1190. The largest absolute Gasteiger partial charge is 0.487 e. The van der Waals surface area contributed by atoms with Crippen LogP contribution >= 0.6 is 0 Å². The van der Waals surface area contributed by atoms with Crippen LogP contribution in [0.25, 0.3) is 12.2 Å². The lowest BCUT2D eigenvalue weighted by Crippen LogP contribution is -2.05. The SMILES string of the molecule is CCc1ccc(C=Cc2nc(COc3ccc(CCCCn4ccnc4CCO)cc3)co2)cc1. The maximum absolute atomic E-state index is 9.11. The van der Waals surface area contributed by atoms with Gasteiger partial charge in [0.05, 0.1) is 6.61 Å². The molecule has 0 unspecified atom stereocenters. The molecule has 2 aromatic heterocycles. The molecule has 4 aromatic rings. The van der Waals surface area contributed by atoms with Crippen LogP contribution in [0.15, 0.2) is 71.6 Å². The van der Waals surface area contributed by atoms with Crippen molar-refractivity contribution < 1.29 is 14.3 Å². The Morgan fingerprint density at radius 3 is 2.54 bits per heavy atom. The van der Waals surface area contributed by atoms with Crippen molar-refractivity contribution in [1.29, 1.82) is 0 Å². The van der Waals surface area contributed by atoms with Gasteiger partial charge in [0.1, 0.15) is 30.1 Å². The summed E-state index contributed by atoms with van der Waals surface area (Å²) in [5.41, 5.74) is 4.49. The van der Waals surface area contributed by atoms with Gasteiger partial charge in [-0.1, -0.05) is 43.3 Å². The first-order valence-corrected chi connectivity index (χ1v) is 12.3. The maximum atomic E-state index is 9.11. The number of benzene rings is 2. The van der Waals surface area contributed by atoms with Gasteiger partial charge in [-0.05, 0) is 60.6 Å². The molecule has 6 nitrogen and oxygen atoms in total. The molecule has 0 spiro atoms. The summed E-state index contributed by atoms with van der Waals surface area (Å²) in [6.07, 6.45) is 14.1. The Kier molecular flexibility index (Phi) is 8.90. The van der Waals surface area contributed by atoms with Gasteiger partial charge in [0, 0.05) is 31.4 Å². The normalized spacial score (nSPS) is 11.4. The number of hydrogen-bond donors (Lipinski definition) is 1. The van der Waals surface area contributed by atoms with E-state index in [0.717, 1.165) is 55.1 Å². The molecule has 2 aromatic carbocycles. The molecule has 182 valence electrons. The van der Waals surface area contributed by atoms with Crippen molar-refractivity contribution in [2.75, 3.05) is 6.61 Å². The second-order valence-electron chi connectivity index (χ2n) is 8.51. The third-order valence-electron chi connectivity index (χ3n) is 5.94. The molecule has 0 radical (unpaired) electrons. The van der Waals surface area contributed by atoms with Gasteiger partial charge >= 0.3 is 0 Å². The van der Waals surface area contributed by atoms with Crippen molar-refractivity contribution in [1.82, 2.24) is 14.5 Å². The molecule has 4 rings (SSSR count). The van der Waals surface area contributed by atoms with E-state index in [9.17, 15) is 0 Å². The summed E-state index contributed by atoms with van der Waals surface area (Å²) in [5.74, 6) is 2.33. The van der Waals surface area contributed by atoms with Gasteiger partial charge in [-0.2, -0.15) is 0 Å². The number of aromatic nitrogens is 3. The summed E-state index contributed by atoms with van der Waals surface area (Å²) in [5, 5.41) is 9.11. The van der Waals surface area contributed by atoms with Crippen LogP contribution in [0.5, 0.6) is 5.75 Å². The van der Waals surface area contributed by atoms with E-state index in [2.05, 4.69) is 57.9 Å². The van der Waals surface area contributed by atoms with Crippen molar-refractivity contribution in [2.45, 2.75) is 52.2 Å². The van der Waals surface area contributed by atoms with Crippen molar-refractivity contribution in [3.8, 4) is 5.75 Å². The van der Waals surface area contributed by atoms with Crippen LogP contribution in [-0.2, 0) is 32.4 Å². The van der Waals surface area contributed by atoms with Crippen molar-refractivity contribution in [3.05, 3.63) is 101 Å². The highest BCUT2D eigenvalue weighted by Crippen LogP contribution is 2.17. The minimum atomic E-state index is 0.133. The fourth-order valence-electron chi connectivity index (χ4n) is 3.89. The highest BCUT2D eigenvalue weighted by molar-refractivity contribution is 5.66. The van der Waals surface area contributed by atoms with E-state index < -0.39 is 0 Å². The number of aliphatic hydroxyl groups is 1. The molecule has 0 atom stereocenters.